The van der Waals surface area contributed by atoms with Crippen LogP contribution in [0.1, 0.15) is 54.6 Å². The van der Waals surface area contributed by atoms with Crippen molar-refractivity contribution in [2.45, 2.75) is 45.4 Å². The number of aliphatic hydroxyl groups excluding tert-OH is 2. The summed E-state index contributed by atoms with van der Waals surface area (Å²) in [6, 6.07) is 16.6. The van der Waals surface area contributed by atoms with E-state index in [4.69, 9.17) is 6.17 Å². The number of nitrogens with zero attached hydrogens (tertiary/aromatic N) is 5. The number of unbranched alkanes of at least 4 members (excludes halogenated alkanes) is 1. The number of methoxy groups -OCH3 is 1. The molecular weight excluding hydrogens is 556 g/mol. The molecule has 3 aromatic carbocycles. The normalized spacial score (nSPS) is 15.1. The van der Waals surface area contributed by atoms with E-state index in [2.05, 4.69) is 62.3 Å². The number of fused-ring (bicyclic) bond motifs is 1. The van der Waals surface area contributed by atoms with Gasteiger partial charge in [0, 0.05) is 61.2 Å². The lowest BCUT2D eigenvalue weighted by Crippen LogP contribution is -2.24. The Bertz CT molecular complexity index is 1570. The molecule has 3 N–H and O–H groups in total. The summed E-state index contributed by atoms with van der Waals surface area (Å²) < 4.78 is 12.4. The van der Waals surface area contributed by atoms with E-state index in [9.17, 15) is 9.90 Å². The molecule has 1 amide bonds. The Morgan fingerprint density at radius 3 is 2.43 bits per heavy atom. The van der Waals surface area contributed by atoms with E-state index in [1.807, 2.05) is 32.2 Å². The number of benzene rings is 3. The van der Waals surface area contributed by atoms with Crippen LogP contribution in [0.25, 0.3) is 0 Å². The number of carbonyl (C=O) groups excluding carboxylic acids is 1. The molecule has 0 spiro atoms. The molecule has 0 bridgehead atoms. The number of ether oxygens (including phenoxy) is 1. The van der Waals surface area contributed by atoms with E-state index >= 15 is 0 Å². The SMILES string of the molecule is [2H]OCC(CO)CCCCNC(=O)c1ccc(N=Nc2cc(OC)c(N=Nc3ccc4c(c3)C(C)(C)C(=C)N4C)cc2C)cc1. The smallest absolute Gasteiger partial charge is 0.251 e. The quantitative estimate of drug-likeness (QED) is 0.130. The fourth-order valence-corrected chi connectivity index (χ4v) is 5.10. The zero-order valence-electron chi connectivity index (χ0n) is 27.1. The number of amides is 1. The summed E-state index contributed by atoms with van der Waals surface area (Å²) in [4.78, 5) is 14.6. The summed E-state index contributed by atoms with van der Waals surface area (Å²) >= 11 is 0. The molecule has 10 heteroatoms. The van der Waals surface area contributed by atoms with Crippen molar-refractivity contribution in [1.29, 1.82) is 1.43 Å². The summed E-state index contributed by atoms with van der Waals surface area (Å²) in [6.07, 6.45) is 2.34. The number of aryl methyl sites for hydroxylation is 1. The molecule has 0 saturated heterocycles. The standard InChI is InChI=1S/C34H42N6O4/c1-22-17-30(39-37-27-14-15-31-28(18-27)34(3,4)23(2)40(31)5)32(44-6)19-29(22)38-36-26-12-10-25(11-13-26)33(43)35-16-8-7-9-24(20-41)21-42/h10-15,17-19,24,41-42H,2,7-9,16,20-21H2,1,3-6H3,(H,35,43)/i41D. The zero-order valence-corrected chi connectivity index (χ0v) is 26.1. The third kappa shape index (κ3) is 7.38. The van der Waals surface area contributed by atoms with Crippen molar-refractivity contribution in [3.05, 3.63) is 83.6 Å². The second kappa shape index (κ2) is 14.4. The van der Waals surface area contributed by atoms with Crippen LogP contribution in [0.15, 0.2) is 87.3 Å². The second-order valence-corrected chi connectivity index (χ2v) is 11.6. The van der Waals surface area contributed by atoms with Gasteiger partial charge in [0.05, 0.1) is 24.2 Å². The number of nitrogens with one attached hydrogen (secondary N) is 1. The van der Waals surface area contributed by atoms with E-state index < -0.39 is 0 Å². The van der Waals surface area contributed by atoms with Crippen molar-refractivity contribution >= 4 is 34.3 Å². The Kier molecular flexibility index (Phi) is 10.1. The van der Waals surface area contributed by atoms with Gasteiger partial charge in [-0.25, -0.2) is 0 Å². The Hall–Kier alpha value is -4.41. The first-order chi connectivity index (χ1) is 21.6. The summed E-state index contributed by atoms with van der Waals surface area (Å²) in [7, 11) is 3.60. The zero-order chi connectivity index (χ0) is 32.6. The van der Waals surface area contributed by atoms with Gasteiger partial charge in [-0.2, -0.15) is 15.3 Å². The molecule has 0 aliphatic carbocycles. The van der Waals surface area contributed by atoms with Gasteiger partial charge in [0.2, 0.25) is 1.43 Å². The number of anilines is 1. The van der Waals surface area contributed by atoms with Crippen LogP contribution in [0.2, 0.25) is 0 Å². The minimum atomic E-state index is -0.185. The van der Waals surface area contributed by atoms with Gasteiger partial charge < -0.3 is 25.2 Å². The highest BCUT2D eigenvalue weighted by Gasteiger charge is 2.37. The first kappa shape index (κ1) is 31.0. The molecule has 44 heavy (non-hydrogen) atoms. The van der Waals surface area contributed by atoms with Crippen molar-refractivity contribution in [3.8, 4) is 5.75 Å². The van der Waals surface area contributed by atoms with E-state index in [1.54, 1.807) is 37.4 Å². The lowest BCUT2D eigenvalue weighted by atomic mass is 9.84. The number of hydrogen-bond donors (Lipinski definition) is 3. The Morgan fingerprint density at radius 1 is 1.02 bits per heavy atom. The number of allylic oxidation sites excluding steroid dienone is 1. The highest BCUT2D eigenvalue weighted by Crippen LogP contribution is 2.47. The van der Waals surface area contributed by atoms with Crippen molar-refractivity contribution in [3.63, 3.8) is 0 Å². The average molecular weight is 600 g/mol. The van der Waals surface area contributed by atoms with Crippen LogP contribution in [0, 0.1) is 12.8 Å². The maximum Gasteiger partial charge on any atom is 0.251 e. The number of rotatable bonds is 14. The molecule has 4 rings (SSSR count). The van der Waals surface area contributed by atoms with Gasteiger partial charge in [-0.15, -0.1) is 5.11 Å². The van der Waals surface area contributed by atoms with Crippen LogP contribution in [0.4, 0.5) is 28.4 Å². The number of aliphatic hydroxyl groups is 2. The van der Waals surface area contributed by atoms with Crippen LogP contribution in [-0.4, -0.2) is 51.5 Å². The Morgan fingerprint density at radius 2 is 1.73 bits per heavy atom. The lowest BCUT2D eigenvalue weighted by Gasteiger charge is -2.22. The molecule has 0 saturated carbocycles. The van der Waals surface area contributed by atoms with Gasteiger partial charge in [0.1, 0.15) is 11.4 Å². The molecule has 1 aliphatic heterocycles. The number of azo groups is 2. The highest BCUT2D eigenvalue weighted by molar-refractivity contribution is 5.94. The van der Waals surface area contributed by atoms with E-state index in [-0.39, 0.29) is 30.5 Å². The van der Waals surface area contributed by atoms with Gasteiger partial charge in [0.15, 0.2) is 0 Å². The molecule has 0 fully saturated rings. The maximum atomic E-state index is 12.5. The second-order valence-electron chi connectivity index (χ2n) is 11.6. The minimum absolute atomic E-state index is 0.00980. The number of carbonyl (C=O) groups is 1. The predicted molar refractivity (Wildman–Crippen MR) is 173 cm³/mol. The van der Waals surface area contributed by atoms with Crippen LogP contribution in [0.5, 0.6) is 5.75 Å². The van der Waals surface area contributed by atoms with E-state index in [0.29, 0.717) is 34.9 Å². The van der Waals surface area contributed by atoms with Gasteiger partial charge in [-0.1, -0.05) is 26.8 Å². The lowest BCUT2D eigenvalue weighted by molar-refractivity contribution is 0.0951. The van der Waals surface area contributed by atoms with Crippen LogP contribution in [0.3, 0.4) is 0 Å². The topological polar surface area (TPSA) is 131 Å². The van der Waals surface area contributed by atoms with Crippen molar-refractivity contribution in [2.24, 2.45) is 26.4 Å². The minimum Gasteiger partial charge on any atom is -0.494 e. The molecule has 1 unspecified atom stereocenters. The van der Waals surface area contributed by atoms with Crippen molar-refractivity contribution < 1.29 is 19.7 Å². The molecule has 3 aromatic rings. The third-order valence-corrected chi connectivity index (χ3v) is 8.13. The molecular formula is C34H42N6O4. The molecule has 1 atom stereocenters. The van der Waals surface area contributed by atoms with E-state index in [1.165, 1.54) is 0 Å². The summed E-state index contributed by atoms with van der Waals surface area (Å²) in [5.41, 5.74) is 7.09. The molecule has 232 valence electrons. The number of hydrogen-bond acceptors (Lipinski definition) is 9. The molecule has 1 aliphatic rings. The fraction of sp³-hybridized carbons (Fsp3) is 0.382. The maximum absolute atomic E-state index is 12.5. The highest BCUT2D eigenvalue weighted by atomic mass is 16.5. The van der Waals surface area contributed by atoms with Crippen molar-refractivity contribution in [1.82, 2.24) is 5.32 Å². The fourth-order valence-electron chi connectivity index (χ4n) is 5.10. The predicted octanol–water partition coefficient (Wildman–Crippen LogP) is 7.58. The monoisotopic (exact) mass is 599 g/mol. The molecule has 0 radical (unpaired) electrons. The van der Waals surface area contributed by atoms with Gasteiger partial charge in [-0.3, -0.25) is 4.79 Å². The first-order valence-corrected chi connectivity index (χ1v) is 14.8. The summed E-state index contributed by atoms with van der Waals surface area (Å²) in [6.45, 7) is 11.2. The van der Waals surface area contributed by atoms with Crippen LogP contribution >= 0.6 is 0 Å². The van der Waals surface area contributed by atoms with Gasteiger partial charge in [0.25, 0.3) is 5.91 Å². The van der Waals surface area contributed by atoms with Gasteiger partial charge in [-0.05, 0) is 79.4 Å². The third-order valence-electron chi connectivity index (χ3n) is 8.13. The summed E-state index contributed by atoms with van der Waals surface area (Å²) in [5.74, 6) is 0.306. The van der Waals surface area contributed by atoms with Crippen LogP contribution in [-0.2, 0) is 5.41 Å². The summed E-state index contributed by atoms with van der Waals surface area (Å²) in [5, 5.41) is 34.3. The van der Waals surface area contributed by atoms with Gasteiger partial charge >= 0.3 is 0 Å². The van der Waals surface area contributed by atoms with E-state index in [0.717, 1.165) is 47.5 Å². The molecule has 1 heterocycles. The number of likely N-dealkylation sites (N-methyl/N-ethyl adjacent to an activating group) is 1. The first-order valence-electron chi connectivity index (χ1n) is 15.2. The molecule has 0 aromatic heterocycles. The Balaban J connectivity index is 1.37. The van der Waals surface area contributed by atoms with Crippen molar-refractivity contribution in [2.75, 3.05) is 38.8 Å². The Labute approximate surface area is 260 Å². The average Bonchev–Trinajstić information content (AvgIpc) is 3.21. The molecule has 10 nitrogen and oxygen atoms in total. The van der Waals surface area contributed by atoms with Crippen LogP contribution < -0.4 is 15.0 Å². The largest absolute Gasteiger partial charge is 0.494 e.